The summed E-state index contributed by atoms with van der Waals surface area (Å²) in [7, 11) is -5.70. The average molecular weight is 377 g/mol. The number of rotatable bonds is 6. The van der Waals surface area contributed by atoms with Crippen LogP contribution in [0.25, 0.3) is 11.2 Å². The molecular weight excluding hydrogens is 364 g/mol. The number of imidazole rings is 1. The van der Waals surface area contributed by atoms with Crippen LogP contribution in [0.2, 0.25) is 0 Å². The molecule has 1 aliphatic rings. The molecule has 24 heavy (non-hydrogen) atoms. The minimum Gasteiger partial charge on any atom is -0.382 e. The van der Waals surface area contributed by atoms with Gasteiger partial charge in [0.05, 0.1) is 6.33 Å². The van der Waals surface area contributed by atoms with Crippen molar-refractivity contribution in [2.45, 2.75) is 24.9 Å². The maximum absolute atomic E-state index is 11.0. The van der Waals surface area contributed by atoms with Crippen molar-refractivity contribution in [2.75, 3.05) is 12.3 Å². The standard InChI is InChI=1S/C10H11N5O7P2/c11-9-8-10(13-3-12-9)15(4-14-8)7-1-5(22-24(18)19)6(21-7)2-20-23(16)17/h3-7H,1-2H2,(H2-2,11,12,13,16,17,18,19)/p+2/t5-,6+,7+/m0/s1. The zero-order valence-electron chi connectivity index (χ0n) is 12.0. The molecule has 128 valence electrons. The average Bonchev–Trinajstić information content (AvgIpc) is 3.09. The predicted molar refractivity (Wildman–Crippen MR) is 78.7 cm³/mol. The maximum Gasteiger partial charge on any atom is 0.695 e. The Morgan fingerprint density at radius 1 is 1.33 bits per heavy atom. The van der Waals surface area contributed by atoms with E-state index < -0.39 is 34.9 Å². The van der Waals surface area contributed by atoms with Gasteiger partial charge < -0.3 is 10.5 Å². The summed E-state index contributed by atoms with van der Waals surface area (Å²) in [6, 6.07) is 0. The molecule has 5 atom stereocenters. The van der Waals surface area contributed by atoms with Gasteiger partial charge in [0, 0.05) is 15.6 Å². The van der Waals surface area contributed by atoms with E-state index in [1.54, 1.807) is 4.57 Å². The lowest BCUT2D eigenvalue weighted by molar-refractivity contribution is -0.0347. The number of nitrogens with zero attached hydrogens (tertiary/aromatic N) is 4. The molecule has 2 aromatic rings. The molecule has 1 saturated heterocycles. The highest BCUT2D eigenvalue weighted by Crippen LogP contribution is 2.37. The first-order valence-corrected chi connectivity index (χ1v) is 8.92. The second-order valence-electron chi connectivity index (χ2n) is 4.86. The van der Waals surface area contributed by atoms with E-state index >= 15 is 0 Å². The van der Waals surface area contributed by atoms with Gasteiger partial charge in [-0.1, -0.05) is 0 Å². The molecule has 0 bridgehead atoms. The fraction of sp³-hybridized carbons (Fsp3) is 0.500. The van der Waals surface area contributed by atoms with Crippen molar-refractivity contribution in [1.82, 2.24) is 19.5 Å². The monoisotopic (exact) mass is 377 g/mol. The molecule has 2 unspecified atom stereocenters. The summed E-state index contributed by atoms with van der Waals surface area (Å²) in [4.78, 5) is 29.7. The minimum atomic E-state index is -2.87. The number of ether oxygens (including phenoxy) is 1. The van der Waals surface area contributed by atoms with E-state index in [9.17, 15) is 9.13 Å². The third-order valence-corrected chi connectivity index (χ3v) is 4.27. The second kappa shape index (κ2) is 7.08. The molecule has 1 fully saturated rings. The number of fused-ring (bicyclic) bond motifs is 1. The van der Waals surface area contributed by atoms with Gasteiger partial charge in [0.25, 0.3) is 0 Å². The predicted octanol–water partition coefficient (Wildman–Crippen LogP) is 0.397. The molecule has 0 aromatic carbocycles. The van der Waals surface area contributed by atoms with Gasteiger partial charge in [0.2, 0.25) is 0 Å². The summed E-state index contributed by atoms with van der Waals surface area (Å²) in [6.45, 7) is -0.278. The van der Waals surface area contributed by atoms with Gasteiger partial charge in [0.1, 0.15) is 36.9 Å². The number of nitrogen functional groups attached to an aromatic ring is 1. The Morgan fingerprint density at radius 3 is 2.83 bits per heavy atom. The molecule has 4 N–H and O–H groups in total. The number of hydrogen-bond donors (Lipinski definition) is 3. The number of aromatic nitrogens is 4. The molecule has 0 amide bonds. The van der Waals surface area contributed by atoms with Crippen LogP contribution in [0.15, 0.2) is 12.7 Å². The Hall–Kier alpha value is -1.65. The van der Waals surface area contributed by atoms with E-state index in [1.807, 2.05) is 0 Å². The topological polar surface area (TPSA) is 172 Å². The van der Waals surface area contributed by atoms with Crippen molar-refractivity contribution in [3.05, 3.63) is 12.7 Å². The Kier molecular flexibility index (Phi) is 5.07. The summed E-state index contributed by atoms with van der Waals surface area (Å²) < 4.78 is 38.5. The fourth-order valence-electron chi connectivity index (χ4n) is 2.47. The fourth-order valence-corrected chi connectivity index (χ4v) is 3.19. The molecule has 14 heteroatoms. The Morgan fingerprint density at radius 2 is 2.12 bits per heavy atom. The maximum atomic E-state index is 11.0. The van der Waals surface area contributed by atoms with E-state index in [0.29, 0.717) is 11.2 Å². The Balaban J connectivity index is 1.84. The van der Waals surface area contributed by atoms with E-state index in [4.69, 9.17) is 24.8 Å². The number of anilines is 1. The minimum absolute atomic E-state index is 0.188. The second-order valence-corrected chi connectivity index (χ2v) is 6.28. The van der Waals surface area contributed by atoms with Crippen LogP contribution in [0.5, 0.6) is 0 Å². The van der Waals surface area contributed by atoms with Gasteiger partial charge in [-0.25, -0.2) is 15.0 Å². The molecule has 3 rings (SSSR count). The van der Waals surface area contributed by atoms with Crippen LogP contribution < -0.4 is 5.73 Å². The summed E-state index contributed by atoms with van der Waals surface area (Å²) in [5.74, 6) is 0.208. The summed E-state index contributed by atoms with van der Waals surface area (Å²) in [5, 5.41) is 0. The molecule has 0 saturated carbocycles. The smallest absolute Gasteiger partial charge is 0.382 e. The van der Waals surface area contributed by atoms with Crippen molar-refractivity contribution in [2.24, 2.45) is 0 Å². The van der Waals surface area contributed by atoms with Crippen LogP contribution >= 0.6 is 16.5 Å². The van der Waals surface area contributed by atoms with Gasteiger partial charge in [-0.3, -0.25) is 4.57 Å². The number of hydrogen-bond acceptors (Lipinski definition) is 9. The summed E-state index contributed by atoms with van der Waals surface area (Å²) in [6.07, 6.45) is 0.660. The van der Waals surface area contributed by atoms with Gasteiger partial charge in [-0.15, -0.1) is 18.8 Å². The molecule has 3 heterocycles. The van der Waals surface area contributed by atoms with Crippen LogP contribution in [0, 0.1) is 0 Å². The first-order valence-electron chi connectivity index (χ1n) is 6.66. The van der Waals surface area contributed by atoms with Crippen LogP contribution in [-0.2, 0) is 22.9 Å². The highest BCUT2D eigenvalue weighted by Gasteiger charge is 2.44. The van der Waals surface area contributed by atoms with E-state index in [2.05, 4.69) is 19.5 Å². The largest absolute Gasteiger partial charge is 0.695 e. The molecule has 0 aliphatic carbocycles. The van der Waals surface area contributed by atoms with Crippen molar-refractivity contribution < 1.29 is 32.7 Å². The normalized spacial score (nSPS) is 25.2. The lowest BCUT2D eigenvalue weighted by Gasteiger charge is -2.13. The molecule has 12 nitrogen and oxygen atoms in total. The van der Waals surface area contributed by atoms with Crippen LogP contribution in [-0.4, -0.2) is 48.1 Å². The zero-order valence-corrected chi connectivity index (χ0v) is 13.8. The summed E-state index contributed by atoms with van der Waals surface area (Å²) in [5.41, 5.74) is 6.54. The molecule has 0 radical (unpaired) electrons. The molecule has 1 aliphatic heterocycles. The Labute approximate surface area is 136 Å². The van der Waals surface area contributed by atoms with E-state index in [-0.39, 0.29) is 18.8 Å². The first-order chi connectivity index (χ1) is 11.5. The third kappa shape index (κ3) is 3.55. The van der Waals surface area contributed by atoms with Crippen LogP contribution in [0.1, 0.15) is 12.6 Å². The lowest BCUT2D eigenvalue weighted by Crippen LogP contribution is -2.26. The highest BCUT2D eigenvalue weighted by molar-refractivity contribution is 7.32. The van der Waals surface area contributed by atoms with Gasteiger partial charge >= 0.3 is 16.5 Å². The number of nitrogens with two attached hydrogens (primary N) is 1. The summed E-state index contributed by atoms with van der Waals surface area (Å²) >= 11 is 0. The van der Waals surface area contributed by atoms with Crippen LogP contribution in [0.4, 0.5) is 5.82 Å². The van der Waals surface area contributed by atoms with Gasteiger partial charge in [-0.2, -0.15) is 0 Å². The van der Waals surface area contributed by atoms with Crippen molar-refractivity contribution >= 4 is 33.5 Å². The third-order valence-electron chi connectivity index (χ3n) is 3.45. The van der Waals surface area contributed by atoms with E-state index in [0.717, 1.165) is 0 Å². The van der Waals surface area contributed by atoms with Gasteiger partial charge in [-0.05, 0) is 0 Å². The SMILES string of the molecule is Nc1ncnc2c1ncn2[C@H]1C[C@H](O[P+](=O)O)[C@@H](CO[P+](=O)O)O1. The molecular formula is C10H13N5O7P2+2. The first kappa shape index (κ1) is 17.2. The Bertz CT molecular complexity index is 786. The van der Waals surface area contributed by atoms with Crippen molar-refractivity contribution in [1.29, 1.82) is 0 Å². The quantitative estimate of drug-likeness (QED) is 0.595. The van der Waals surface area contributed by atoms with E-state index in [1.165, 1.54) is 12.7 Å². The van der Waals surface area contributed by atoms with Crippen molar-refractivity contribution in [3.63, 3.8) is 0 Å². The zero-order chi connectivity index (χ0) is 17.3. The van der Waals surface area contributed by atoms with Crippen LogP contribution in [0.3, 0.4) is 0 Å². The molecule has 0 spiro atoms. The molecule has 2 aromatic heterocycles. The van der Waals surface area contributed by atoms with Crippen molar-refractivity contribution in [3.8, 4) is 0 Å². The van der Waals surface area contributed by atoms with Gasteiger partial charge in [0.15, 0.2) is 11.5 Å². The lowest BCUT2D eigenvalue weighted by atomic mass is 10.2. The highest BCUT2D eigenvalue weighted by atomic mass is 31.1.